The predicted octanol–water partition coefficient (Wildman–Crippen LogP) is 3.16. The molecule has 0 radical (unpaired) electrons. The van der Waals surface area contributed by atoms with E-state index in [4.69, 9.17) is 4.74 Å². The van der Waals surface area contributed by atoms with Crippen molar-refractivity contribution in [1.82, 2.24) is 0 Å². The molecule has 5 nitrogen and oxygen atoms in total. The number of carbonyl (C=O) groups excluding carboxylic acids is 2. The largest absolute Gasteiger partial charge is 0.497 e. The highest BCUT2D eigenvalue weighted by molar-refractivity contribution is 8.01. The monoisotopic (exact) mass is 342 g/mol. The summed E-state index contributed by atoms with van der Waals surface area (Å²) in [6.45, 7) is 2.44. The molecular formula is C18H18N2O3S. The quantitative estimate of drug-likeness (QED) is 0.867. The number of nitrogens with one attached hydrogen (secondary N) is 1. The molecule has 1 atom stereocenters. The molecule has 0 aliphatic carbocycles. The second-order valence-electron chi connectivity index (χ2n) is 5.27. The van der Waals surface area contributed by atoms with Gasteiger partial charge in [0.2, 0.25) is 11.8 Å². The highest BCUT2D eigenvalue weighted by Gasteiger charge is 2.37. The van der Waals surface area contributed by atoms with Crippen LogP contribution in [-0.4, -0.2) is 30.7 Å². The van der Waals surface area contributed by atoms with Gasteiger partial charge in [-0.1, -0.05) is 12.1 Å². The molecule has 2 aromatic carbocycles. The lowest BCUT2D eigenvalue weighted by Crippen LogP contribution is -2.46. The van der Waals surface area contributed by atoms with Gasteiger partial charge in [-0.05, 0) is 43.3 Å². The van der Waals surface area contributed by atoms with E-state index in [1.54, 1.807) is 36.3 Å². The Morgan fingerprint density at radius 2 is 1.92 bits per heavy atom. The highest BCUT2D eigenvalue weighted by Crippen LogP contribution is 2.39. The Balaban J connectivity index is 1.80. The van der Waals surface area contributed by atoms with E-state index < -0.39 is 5.25 Å². The molecule has 0 bridgehead atoms. The van der Waals surface area contributed by atoms with Crippen LogP contribution in [0.25, 0.3) is 0 Å². The summed E-state index contributed by atoms with van der Waals surface area (Å²) in [5, 5.41) is 2.02. The van der Waals surface area contributed by atoms with Crippen molar-refractivity contribution in [2.75, 3.05) is 23.9 Å². The van der Waals surface area contributed by atoms with E-state index in [-0.39, 0.29) is 11.8 Å². The number of carbonyl (C=O) groups is 2. The molecule has 0 saturated heterocycles. The van der Waals surface area contributed by atoms with Gasteiger partial charge in [-0.2, -0.15) is 0 Å². The summed E-state index contributed by atoms with van der Waals surface area (Å²) < 4.78 is 5.10. The number of thioether (sulfide) groups is 1. The van der Waals surface area contributed by atoms with E-state index in [2.05, 4.69) is 5.32 Å². The molecule has 2 amide bonds. The second kappa shape index (κ2) is 6.97. The van der Waals surface area contributed by atoms with Crippen LogP contribution in [0, 0.1) is 0 Å². The molecule has 1 heterocycles. The molecule has 0 aromatic heterocycles. The minimum atomic E-state index is -0.790. The predicted molar refractivity (Wildman–Crippen MR) is 95.7 cm³/mol. The molecule has 24 heavy (non-hydrogen) atoms. The zero-order valence-corrected chi connectivity index (χ0v) is 14.3. The van der Waals surface area contributed by atoms with Gasteiger partial charge in [-0.15, -0.1) is 11.8 Å². The van der Waals surface area contributed by atoms with Gasteiger partial charge in [0.05, 0.1) is 12.8 Å². The number of benzene rings is 2. The average molecular weight is 342 g/mol. The lowest BCUT2D eigenvalue weighted by atomic mass is 10.2. The molecule has 3 rings (SSSR count). The molecule has 0 spiro atoms. The van der Waals surface area contributed by atoms with Crippen LogP contribution in [0.5, 0.6) is 5.75 Å². The topological polar surface area (TPSA) is 58.6 Å². The number of para-hydroxylation sites is 1. The summed E-state index contributed by atoms with van der Waals surface area (Å²) in [5.74, 6) is 0.206. The molecular weight excluding hydrogens is 324 g/mol. The van der Waals surface area contributed by atoms with Crippen molar-refractivity contribution in [2.45, 2.75) is 17.1 Å². The molecule has 0 fully saturated rings. The van der Waals surface area contributed by atoms with Crippen LogP contribution in [0.4, 0.5) is 11.4 Å². The minimum absolute atomic E-state index is 0.188. The zero-order chi connectivity index (χ0) is 17.1. The number of fused-ring (bicyclic) bond motifs is 1. The standard InChI is InChI=1S/C18H18N2O3S/c1-3-20-14-6-4-5-7-15(14)24-16(18(20)22)17(21)19-12-8-10-13(23-2)11-9-12/h4-11,16H,3H2,1-2H3,(H,19,21). The van der Waals surface area contributed by atoms with Gasteiger partial charge in [-0.25, -0.2) is 0 Å². The smallest absolute Gasteiger partial charge is 0.250 e. The van der Waals surface area contributed by atoms with Gasteiger partial charge in [0.25, 0.3) is 0 Å². The maximum atomic E-state index is 12.7. The number of nitrogens with zero attached hydrogens (tertiary/aromatic N) is 1. The lowest BCUT2D eigenvalue weighted by Gasteiger charge is -2.32. The van der Waals surface area contributed by atoms with Crippen LogP contribution in [-0.2, 0) is 9.59 Å². The van der Waals surface area contributed by atoms with Gasteiger partial charge < -0.3 is 15.0 Å². The Bertz CT molecular complexity index is 761. The first-order chi connectivity index (χ1) is 11.6. The van der Waals surface area contributed by atoms with E-state index in [1.165, 1.54) is 11.8 Å². The van der Waals surface area contributed by atoms with Crippen molar-refractivity contribution < 1.29 is 14.3 Å². The molecule has 124 valence electrons. The van der Waals surface area contributed by atoms with Crippen LogP contribution >= 0.6 is 11.8 Å². The fraction of sp³-hybridized carbons (Fsp3) is 0.222. The van der Waals surface area contributed by atoms with Crippen molar-refractivity contribution in [1.29, 1.82) is 0 Å². The fourth-order valence-electron chi connectivity index (χ4n) is 2.59. The Kier molecular flexibility index (Phi) is 4.76. The van der Waals surface area contributed by atoms with Gasteiger partial charge in [0.15, 0.2) is 5.25 Å². The number of ether oxygens (including phenoxy) is 1. The first kappa shape index (κ1) is 16.4. The van der Waals surface area contributed by atoms with E-state index in [0.717, 1.165) is 10.6 Å². The molecule has 2 aromatic rings. The Morgan fingerprint density at radius 3 is 2.58 bits per heavy atom. The Hall–Kier alpha value is -2.47. The maximum Gasteiger partial charge on any atom is 0.250 e. The molecule has 1 aliphatic rings. The van der Waals surface area contributed by atoms with Gasteiger partial charge in [0, 0.05) is 17.1 Å². The van der Waals surface area contributed by atoms with Gasteiger partial charge in [0.1, 0.15) is 5.75 Å². The van der Waals surface area contributed by atoms with Crippen LogP contribution in [0.15, 0.2) is 53.4 Å². The molecule has 0 saturated carbocycles. The molecule has 6 heteroatoms. The van der Waals surface area contributed by atoms with Crippen LogP contribution < -0.4 is 15.0 Å². The van der Waals surface area contributed by atoms with E-state index >= 15 is 0 Å². The van der Waals surface area contributed by atoms with Crippen LogP contribution in [0.1, 0.15) is 6.92 Å². The van der Waals surface area contributed by atoms with Crippen LogP contribution in [0.2, 0.25) is 0 Å². The summed E-state index contributed by atoms with van der Waals surface area (Å²) in [7, 11) is 1.59. The number of rotatable bonds is 4. The summed E-state index contributed by atoms with van der Waals surface area (Å²) in [6, 6.07) is 14.7. The molecule has 1 N–H and O–H groups in total. The number of methoxy groups -OCH3 is 1. The number of hydrogen-bond acceptors (Lipinski definition) is 4. The van der Waals surface area contributed by atoms with Crippen molar-refractivity contribution in [2.24, 2.45) is 0 Å². The SMILES string of the molecule is CCN1C(=O)C(C(=O)Nc2ccc(OC)cc2)Sc2ccccc21. The zero-order valence-electron chi connectivity index (χ0n) is 13.5. The summed E-state index contributed by atoms with van der Waals surface area (Å²) in [5.41, 5.74) is 1.50. The van der Waals surface area contributed by atoms with E-state index in [9.17, 15) is 9.59 Å². The normalized spacial score (nSPS) is 16.5. The first-order valence-electron chi connectivity index (χ1n) is 7.66. The molecule has 1 aliphatic heterocycles. The third-order valence-corrected chi connectivity index (χ3v) is 5.05. The fourth-order valence-corrected chi connectivity index (χ4v) is 3.70. The van der Waals surface area contributed by atoms with Crippen molar-refractivity contribution in [3.05, 3.63) is 48.5 Å². The second-order valence-corrected chi connectivity index (χ2v) is 6.41. The van der Waals surface area contributed by atoms with E-state index in [1.807, 2.05) is 31.2 Å². The van der Waals surface area contributed by atoms with E-state index in [0.29, 0.717) is 18.0 Å². The van der Waals surface area contributed by atoms with Gasteiger partial charge in [-0.3, -0.25) is 9.59 Å². The number of amides is 2. The lowest BCUT2D eigenvalue weighted by molar-refractivity contribution is -0.124. The number of anilines is 2. The van der Waals surface area contributed by atoms with Crippen molar-refractivity contribution >= 4 is 35.0 Å². The third kappa shape index (κ3) is 3.10. The van der Waals surface area contributed by atoms with Crippen molar-refractivity contribution in [3.8, 4) is 5.75 Å². The summed E-state index contributed by atoms with van der Waals surface area (Å²) in [6.07, 6.45) is 0. The summed E-state index contributed by atoms with van der Waals surface area (Å²) >= 11 is 1.29. The highest BCUT2D eigenvalue weighted by atomic mass is 32.2. The first-order valence-corrected chi connectivity index (χ1v) is 8.54. The Morgan fingerprint density at radius 1 is 1.21 bits per heavy atom. The van der Waals surface area contributed by atoms with Crippen LogP contribution in [0.3, 0.4) is 0 Å². The van der Waals surface area contributed by atoms with Gasteiger partial charge >= 0.3 is 0 Å². The average Bonchev–Trinajstić information content (AvgIpc) is 2.61. The molecule has 1 unspecified atom stereocenters. The maximum absolute atomic E-state index is 12.7. The van der Waals surface area contributed by atoms with Crippen molar-refractivity contribution in [3.63, 3.8) is 0 Å². The third-order valence-electron chi connectivity index (χ3n) is 3.80. The summed E-state index contributed by atoms with van der Waals surface area (Å²) in [4.78, 5) is 27.9. The number of hydrogen-bond donors (Lipinski definition) is 1. The Labute approximate surface area is 145 Å². The minimum Gasteiger partial charge on any atom is -0.497 e.